The van der Waals surface area contributed by atoms with Crippen molar-refractivity contribution >= 4 is 19.9 Å². The predicted molar refractivity (Wildman–Crippen MR) is 78.1 cm³/mol. The summed E-state index contributed by atoms with van der Waals surface area (Å²) in [6.07, 6.45) is 4.12. The maximum atomic E-state index is 12.1. The number of pyridine rings is 1. The zero-order valence-corrected chi connectivity index (χ0v) is 13.4. The van der Waals surface area contributed by atoms with E-state index in [1.54, 1.807) is 0 Å². The Bertz CT molecular complexity index is 678. The summed E-state index contributed by atoms with van der Waals surface area (Å²) in [5, 5.41) is 3.08. The van der Waals surface area contributed by atoms with Gasteiger partial charge in [0.1, 0.15) is 4.90 Å². The minimum Gasteiger partial charge on any atom is -0.316 e. The van der Waals surface area contributed by atoms with Gasteiger partial charge in [-0.3, -0.25) is 0 Å². The molecule has 118 valence electrons. The van der Waals surface area contributed by atoms with Crippen molar-refractivity contribution in [2.75, 3.05) is 25.9 Å². The molecule has 0 aromatic carbocycles. The van der Waals surface area contributed by atoms with Gasteiger partial charge in [0.2, 0.25) is 10.0 Å². The van der Waals surface area contributed by atoms with E-state index < -0.39 is 19.9 Å². The largest absolute Gasteiger partial charge is 0.316 e. The number of nitrogens with zero attached hydrogens (tertiary/aromatic N) is 1. The summed E-state index contributed by atoms with van der Waals surface area (Å²) in [7, 11) is -7.09. The van der Waals surface area contributed by atoms with E-state index in [9.17, 15) is 16.8 Å². The van der Waals surface area contributed by atoms with E-state index in [0.717, 1.165) is 38.4 Å². The van der Waals surface area contributed by atoms with Crippen LogP contribution in [0.3, 0.4) is 0 Å². The summed E-state index contributed by atoms with van der Waals surface area (Å²) in [6.45, 7) is 2.14. The van der Waals surface area contributed by atoms with Crippen LogP contribution >= 0.6 is 0 Å². The van der Waals surface area contributed by atoms with E-state index in [2.05, 4.69) is 15.0 Å². The van der Waals surface area contributed by atoms with Crippen LogP contribution in [0.1, 0.15) is 12.8 Å². The molecule has 7 nitrogen and oxygen atoms in total. The molecule has 0 bridgehead atoms. The lowest BCUT2D eigenvalue weighted by Crippen LogP contribution is -2.38. The van der Waals surface area contributed by atoms with Crippen LogP contribution in [0.2, 0.25) is 0 Å². The number of rotatable bonds is 5. The average Bonchev–Trinajstić information content (AvgIpc) is 2.46. The molecule has 0 radical (unpaired) electrons. The number of hydrogen-bond acceptors (Lipinski definition) is 6. The number of aromatic nitrogens is 1. The summed E-state index contributed by atoms with van der Waals surface area (Å²) in [6, 6.07) is 2.46. The molecule has 21 heavy (non-hydrogen) atoms. The molecule has 2 rings (SSSR count). The van der Waals surface area contributed by atoms with Gasteiger partial charge in [-0.1, -0.05) is 0 Å². The Labute approximate surface area is 125 Å². The second-order valence-corrected chi connectivity index (χ2v) is 8.90. The van der Waals surface area contributed by atoms with Gasteiger partial charge in [0.15, 0.2) is 14.9 Å². The van der Waals surface area contributed by atoms with E-state index in [-0.39, 0.29) is 15.8 Å². The molecule has 1 aliphatic heterocycles. The highest BCUT2D eigenvalue weighted by molar-refractivity contribution is 7.90. The fourth-order valence-corrected chi connectivity index (χ4v) is 3.77. The lowest BCUT2D eigenvalue weighted by Gasteiger charge is -2.22. The molecule has 1 unspecified atom stereocenters. The van der Waals surface area contributed by atoms with Crippen LogP contribution in [0.4, 0.5) is 0 Å². The van der Waals surface area contributed by atoms with Crippen molar-refractivity contribution < 1.29 is 16.8 Å². The lowest BCUT2D eigenvalue weighted by atomic mass is 10.0. The summed E-state index contributed by atoms with van der Waals surface area (Å²) < 4.78 is 49.4. The number of nitrogens with one attached hydrogen (secondary N) is 2. The SMILES string of the molecule is CS(=O)(=O)c1ccc(S(=O)(=O)NCC2CCCNC2)cn1. The molecular formula is C12H19N3O4S2. The van der Waals surface area contributed by atoms with Crippen molar-refractivity contribution in [2.24, 2.45) is 5.92 Å². The molecule has 2 N–H and O–H groups in total. The van der Waals surface area contributed by atoms with E-state index in [4.69, 9.17) is 0 Å². The second-order valence-electron chi connectivity index (χ2n) is 5.17. The lowest BCUT2D eigenvalue weighted by molar-refractivity contribution is 0.376. The average molecular weight is 333 g/mol. The maximum Gasteiger partial charge on any atom is 0.242 e. The van der Waals surface area contributed by atoms with Gasteiger partial charge >= 0.3 is 0 Å². The first-order valence-electron chi connectivity index (χ1n) is 6.65. The molecule has 0 saturated carbocycles. The highest BCUT2D eigenvalue weighted by Crippen LogP contribution is 2.13. The number of sulfone groups is 1. The van der Waals surface area contributed by atoms with Gasteiger partial charge in [-0.25, -0.2) is 26.5 Å². The van der Waals surface area contributed by atoms with Crippen molar-refractivity contribution in [2.45, 2.75) is 22.8 Å². The van der Waals surface area contributed by atoms with Crippen LogP contribution in [0.5, 0.6) is 0 Å². The van der Waals surface area contributed by atoms with Gasteiger partial charge in [-0.2, -0.15) is 0 Å². The highest BCUT2D eigenvalue weighted by Gasteiger charge is 2.19. The van der Waals surface area contributed by atoms with Crippen molar-refractivity contribution in [1.82, 2.24) is 15.0 Å². The zero-order valence-electron chi connectivity index (χ0n) is 11.7. The van der Waals surface area contributed by atoms with Crippen LogP contribution in [0, 0.1) is 5.92 Å². The third-order valence-corrected chi connectivity index (χ3v) is 5.77. The summed E-state index contributed by atoms with van der Waals surface area (Å²) in [4.78, 5) is 3.66. The predicted octanol–water partition coefficient (Wildman–Crippen LogP) is -0.237. The van der Waals surface area contributed by atoms with Crippen LogP contribution in [-0.4, -0.2) is 47.7 Å². The van der Waals surface area contributed by atoms with Crippen molar-refractivity contribution in [1.29, 1.82) is 0 Å². The second kappa shape index (κ2) is 6.39. The highest BCUT2D eigenvalue weighted by atomic mass is 32.2. The minimum atomic E-state index is -3.66. The summed E-state index contributed by atoms with van der Waals surface area (Å²) in [5.74, 6) is 0.275. The molecule has 0 spiro atoms. The first-order chi connectivity index (χ1) is 9.79. The number of piperidine rings is 1. The first-order valence-corrected chi connectivity index (χ1v) is 10.0. The van der Waals surface area contributed by atoms with Crippen LogP contribution in [-0.2, 0) is 19.9 Å². The van der Waals surface area contributed by atoms with Crippen LogP contribution in [0.15, 0.2) is 28.3 Å². The topological polar surface area (TPSA) is 105 Å². The van der Waals surface area contributed by atoms with E-state index in [0.29, 0.717) is 6.54 Å². The molecule has 1 fully saturated rings. The Morgan fingerprint density at radius 1 is 1.33 bits per heavy atom. The Kier molecular flexibility index (Phi) is 4.97. The number of hydrogen-bond donors (Lipinski definition) is 2. The minimum absolute atomic E-state index is 0.0290. The van der Waals surface area contributed by atoms with Crippen molar-refractivity contribution in [3.05, 3.63) is 18.3 Å². The van der Waals surface area contributed by atoms with Gasteiger partial charge in [-0.15, -0.1) is 0 Å². The van der Waals surface area contributed by atoms with E-state index >= 15 is 0 Å². The Morgan fingerprint density at radius 2 is 2.10 bits per heavy atom. The molecule has 1 atom stereocenters. The quantitative estimate of drug-likeness (QED) is 0.771. The third kappa shape index (κ3) is 4.47. The van der Waals surface area contributed by atoms with Gasteiger partial charge in [0.05, 0.1) is 0 Å². The molecule has 9 heteroatoms. The maximum absolute atomic E-state index is 12.1. The van der Waals surface area contributed by atoms with Crippen LogP contribution in [0.25, 0.3) is 0 Å². The standard InChI is InChI=1S/C12H19N3O4S2/c1-20(16,17)12-5-4-11(9-14-12)21(18,19)15-8-10-3-2-6-13-7-10/h4-5,9-10,13,15H,2-3,6-8H2,1H3. The fourth-order valence-electron chi connectivity index (χ4n) is 2.15. The Hall–Kier alpha value is -1.03. The van der Waals surface area contributed by atoms with E-state index in [1.807, 2.05) is 0 Å². The van der Waals surface area contributed by atoms with Crippen molar-refractivity contribution in [3.8, 4) is 0 Å². The Morgan fingerprint density at radius 3 is 2.62 bits per heavy atom. The Balaban J connectivity index is 2.05. The molecule has 0 amide bonds. The van der Waals surface area contributed by atoms with E-state index in [1.165, 1.54) is 12.1 Å². The molecule has 0 aliphatic carbocycles. The zero-order chi connectivity index (χ0) is 15.5. The fraction of sp³-hybridized carbons (Fsp3) is 0.583. The van der Waals surface area contributed by atoms with Gasteiger partial charge in [0.25, 0.3) is 0 Å². The van der Waals surface area contributed by atoms with Crippen molar-refractivity contribution in [3.63, 3.8) is 0 Å². The summed E-state index contributed by atoms with van der Waals surface area (Å²) >= 11 is 0. The number of sulfonamides is 1. The molecule has 2 heterocycles. The van der Waals surface area contributed by atoms with Gasteiger partial charge in [-0.05, 0) is 44.0 Å². The monoisotopic (exact) mass is 333 g/mol. The van der Waals surface area contributed by atoms with Gasteiger partial charge in [0, 0.05) is 19.0 Å². The molecule has 1 aliphatic rings. The molecule has 1 aromatic heterocycles. The molecule has 1 saturated heterocycles. The van der Waals surface area contributed by atoms with Gasteiger partial charge < -0.3 is 5.32 Å². The first kappa shape index (κ1) is 16.3. The third-order valence-electron chi connectivity index (χ3n) is 3.36. The smallest absolute Gasteiger partial charge is 0.242 e. The molecule has 1 aromatic rings. The summed E-state index contributed by atoms with van der Waals surface area (Å²) in [5.41, 5.74) is 0. The molecular weight excluding hydrogens is 314 g/mol. The normalized spacial score (nSPS) is 20.3. The van der Waals surface area contributed by atoms with Crippen LogP contribution < -0.4 is 10.0 Å².